The molecule has 0 amide bonds. The second-order valence-corrected chi connectivity index (χ2v) is 6.09. The maximum absolute atomic E-state index is 12.4. The Kier molecular flexibility index (Phi) is 8.57. The van der Waals surface area contributed by atoms with Crippen LogP contribution in [0.3, 0.4) is 0 Å². The third-order valence-corrected chi connectivity index (χ3v) is 4.54. The van der Waals surface area contributed by atoms with E-state index in [1.165, 1.54) is 5.54 Å². The lowest BCUT2D eigenvalue weighted by Gasteiger charge is -2.25. The molecule has 0 fully saturated rings. The van der Waals surface area contributed by atoms with E-state index in [0.29, 0.717) is 43.0 Å². The number of halogens is 1. The Labute approximate surface area is 143 Å². The molecule has 0 aliphatic heterocycles. The van der Waals surface area contributed by atoms with Gasteiger partial charge in [-0.15, -0.1) is 0 Å². The first-order chi connectivity index (χ1) is 10.6. The van der Waals surface area contributed by atoms with Crippen molar-refractivity contribution in [3.05, 3.63) is 22.9 Å². The van der Waals surface area contributed by atoms with Crippen LogP contribution in [0.1, 0.15) is 46.0 Å². The minimum absolute atomic E-state index is 0.0107. The standard InChI is InChI=1S/C17H24ClNO2S/c1-3-12(11-22)8-13-9-15(20)17(16(21)10-13)14(4-2)19-7-5-6-18/h5-6,11-13,20H,3-4,7-10H2,1-2H3/b6-5+,19-14?. The lowest BCUT2D eigenvalue weighted by Crippen LogP contribution is -2.26. The number of hydrogen-bond acceptors (Lipinski definition) is 4. The molecule has 5 heteroatoms. The summed E-state index contributed by atoms with van der Waals surface area (Å²) in [4.78, 5) is 16.8. The van der Waals surface area contributed by atoms with Crippen LogP contribution < -0.4 is 0 Å². The van der Waals surface area contributed by atoms with Crippen molar-refractivity contribution in [3.8, 4) is 0 Å². The maximum Gasteiger partial charge on any atom is 0.168 e. The zero-order valence-electron chi connectivity index (χ0n) is 13.2. The van der Waals surface area contributed by atoms with Gasteiger partial charge in [-0.05, 0) is 36.5 Å². The molecule has 2 atom stereocenters. The van der Waals surface area contributed by atoms with Gasteiger partial charge in [0.1, 0.15) is 5.76 Å². The number of allylic oxidation sites excluding steroid dienone is 2. The number of rotatable bonds is 8. The number of aliphatic hydroxyl groups excluding tert-OH is 1. The molecule has 1 N–H and O–H groups in total. The van der Waals surface area contributed by atoms with E-state index in [0.717, 1.165) is 12.8 Å². The Morgan fingerprint density at radius 2 is 2.23 bits per heavy atom. The zero-order valence-corrected chi connectivity index (χ0v) is 14.8. The van der Waals surface area contributed by atoms with Gasteiger partial charge < -0.3 is 5.11 Å². The van der Waals surface area contributed by atoms with Crippen molar-refractivity contribution >= 4 is 40.7 Å². The molecule has 0 bridgehead atoms. The van der Waals surface area contributed by atoms with Gasteiger partial charge in [0.05, 0.1) is 12.1 Å². The van der Waals surface area contributed by atoms with Crippen LogP contribution in [0.15, 0.2) is 27.9 Å². The highest BCUT2D eigenvalue weighted by molar-refractivity contribution is 7.79. The Bertz CT molecular complexity index is 497. The first-order valence-electron chi connectivity index (χ1n) is 7.76. The first kappa shape index (κ1) is 19.0. The minimum Gasteiger partial charge on any atom is -0.511 e. The second kappa shape index (κ2) is 9.90. The van der Waals surface area contributed by atoms with Crippen molar-refractivity contribution in [3.63, 3.8) is 0 Å². The maximum atomic E-state index is 12.4. The number of carbonyl (C=O) groups is 1. The van der Waals surface area contributed by atoms with Crippen LogP contribution in [0.4, 0.5) is 0 Å². The van der Waals surface area contributed by atoms with E-state index < -0.39 is 0 Å². The Morgan fingerprint density at radius 1 is 1.50 bits per heavy atom. The van der Waals surface area contributed by atoms with Crippen LogP contribution in [-0.2, 0) is 4.79 Å². The molecule has 0 aromatic carbocycles. The zero-order chi connectivity index (χ0) is 16.5. The van der Waals surface area contributed by atoms with E-state index >= 15 is 0 Å². The van der Waals surface area contributed by atoms with Gasteiger partial charge in [0.15, 0.2) is 5.78 Å². The largest absolute Gasteiger partial charge is 0.511 e. The fraction of sp³-hybridized carbons (Fsp3) is 0.588. The quantitative estimate of drug-likeness (QED) is 0.509. The van der Waals surface area contributed by atoms with E-state index in [-0.39, 0.29) is 17.5 Å². The summed E-state index contributed by atoms with van der Waals surface area (Å²) >= 11 is 10.5. The van der Waals surface area contributed by atoms with Gasteiger partial charge >= 0.3 is 0 Å². The number of nitrogens with zero attached hydrogens (tertiary/aromatic N) is 1. The van der Waals surface area contributed by atoms with Crippen molar-refractivity contribution in [1.82, 2.24) is 0 Å². The van der Waals surface area contributed by atoms with Crippen LogP contribution in [0.2, 0.25) is 0 Å². The molecule has 0 heterocycles. The van der Waals surface area contributed by atoms with Crippen LogP contribution in [0.5, 0.6) is 0 Å². The third kappa shape index (κ3) is 5.33. The summed E-state index contributed by atoms with van der Waals surface area (Å²) < 4.78 is 0. The Balaban J connectivity index is 2.90. The summed E-state index contributed by atoms with van der Waals surface area (Å²) in [5.74, 6) is 0.663. The molecule has 2 unspecified atom stereocenters. The SMILES string of the molecule is CCC(=NC/C=C/Cl)C1=C(O)CC(CC(C=S)CC)CC1=O. The van der Waals surface area contributed by atoms with Crippen LogP contribution >= 0.6 is 23.8 Å². The highest BCUT2D eigenvalue weighted by Gasteiger charge is 2.30. The van der Waals surface area contributed by atoms with Gasteiger partial charge in [0.2, 0.25) is 0 Å². The average Bonchev–Trinajstić information content (AvgIpc) is 2.50. The molecule has 1 aliphatic carbocycles. The van der Waals surface area contributed by atoms with Crippen molar-refractivity contribution in [1.29, 1.82) is 0 Å². The number of ketones is 1. The molecular formula is C17H24ClNO2S. The van der Waals surface area contributed by atoms with Gasteiger partial charge in [0, 0.05) is 24.1 Å². The number of thiocarbonyl (C=S) groups is 1. The molecule has 0 aromatic heterocycles. The first-order valence-corrected chi connectivity index (χ1v) is 8.67. The van der Waals surface area contributed by atoms with Gasteiger partial charge in [0.25, 0.3) is 0 Å². The van der Waals surface area contributed by atoms with E-state index in [1.807, 2.05) is 6.92 Å². The molecular weight excluding hydrogens is 318 g/mol. The summed E-state index contributed by atoms with van der Waals surface area (Å²) in [7, 11) is 0. The minimum atomic E-state index is -0.0107. The van der Waals surface area contributed by atoms with Crippen molar-refractivity contribution in [2.24, 2.45) is 16.8 Å². The van der Waals surface area contributed by atoms with E-state index in [9.17, 15) is 9.90 Å². The molecule has 22 heavy (non-hydrogen) atoms. The summed E-state index contributed by atoms with van der Waals surface area (Å²) in [6, 6.07) is 0. The molecule has 0 aromatic rings. The van der Waals surface area contributed by atoms with Gasteiger partial charge in [-0.1, -0.05) is 43.7 Å². The van der Waals surface area contributed by atoms with Gasteiger partial charge in [-0.3, -0.25) is 9.79 Å². The van der Waals surface area contributed by atoms with Gasteiger partial charge in [-0.25, -0.2) is 0 Å². The van der Waals surface area contributed by atoms with E-state index in [4.69, 9.17) is 23.8 Å². The topological polar surface area (TPSA) is 49.7 Å². The number of Topliss-reactive ketones (excluding diaryl/α,β-unsaturated/α-hetero) is 1. The number of carbonyl (C=O) groups excluding carboxylic acids is 1. The van der Waals surface area contributed by atoms with Gasteiger partial charge in [-0.2, -0.15) is 0 Å². The normalized spacial score (nSPS) is 21.5. The summed E-state index contributed by atoms with van der Waals surface area (Å²) in [6.07, 6.45) is 5.14. The number of hydrogen-bond donors (Lipinski definition) is 1. The third-order valence-electron chi connectivity index (χ3n) is 3.98. The Hall–Kier alpha value is -1.00. The van der Waals surface area contributed by atoms with Crippen LogP contribution in [-0.4, -0.2) is 28.5 Å². The Morgan fingerprint density at radius 3 is 2.73 bits per heavy atom. The fourth-order valence-corrected chi connectivity index (χ4v) is 3.17. The molecule has 0 saturated heterocycles. The molecule has 1 aliphatic rings. The number of aliphatic imine (C=N–C) groups is 1. The number of aliphatic hydroxyl groups is 1. The summed E-state index contributed by atoms with van der Waals surface area (Å²) in [5, 5.41) is 12.1. The molecule has 122 valence electrons. The highest BCUT2D eigenvalue weighted by atomic mass is 35.5. The highest BCUT2D eigenvalue weighted by Crippen LogP contribution is 2.31. The van der Waals surface area contributed by atoms with Crippen molar-refractivity contribution in [2.45, 2.75) is 46.0 Å². The fourth-order valence-electron chi connectivity index (χ4n) is 2.78. The molecule has 0 spiro atoms. The average molecular weight is 342 g/mol. The molecule has 1 rings (SSSR count). The monoisotopic (exact) mass is 341 g/mol. The summed E-state index contributed by atoms with van der Waals surface area (Å²) in [6.45, 7) is 4.44. The predicted molar refractivity (Wildman–Crippen MR) is 97.0 cm³/mol. The van der Waals surface area contributed by atoms with E-state index in [2.05, 4.69) is 11.9 Å². The molecule has 0 radical (unpaired) electrons. The van der Waals surface area contributed by atoms with E-state index in [1.54, 1.807) is 11.4 Å². The van der Waals surface area contributed by atoms with Crippen LogP contribution in [0, 0.1) is 11.8 Å². The van der Waals surface area contributed by atoms with Crippen LogP contribution in [0.25, 0.3) is 0 Å². The molecule has 0 saturated carbocycles. The predicted octanol–water partition coefficient (Wildman–Crippen LogP) is 4.80. The molecule has 3 nitrogen and oxygen atoms in total. The van der Waals surface area contributed by atoms with Crippen molar-refractivity contribution < 1.29 is 9.90 Å². The smallest absolute Gasteiger partial charge is 0.168 e. The summed E-state index contributed by atoms with van der Waals surface area (Å²) in [5.41, 5.74) is 2.48. The second-order valence-electron chi connectivity index (χ2n) is 5.56. The lowest BCUT2D eigenvalue weighted by atomic mass is 9.80. The lowest BCUT2D eigenvalue weighted by molar-refractivity contribution is -0.116. The van der Waals surface area contributed by atoms with Crippen molar-refractivity contribution in [2.75, 3.05) is 6.54 Å².